The summed E-state index contributed by atoms with van der Waals surface area (Å²) in [4.78, 5) is 19.5. The van der Waals surface area contributed by atoms with Gasteiger partial charge in [0.15, 0.2) is 0 Å². The van der Waals surface area contributed by atoms with E-state index in [0.717, 1.165) is 16.9 Å². The molecule has 1 fully saturated rings. The zero-order chi connectivity index (χ0) is 17.5. The van der Waals surface area contributed by atoms with Crippen LogP contribution in [0, 0.1) is 0 Å². The van der Waals surface area contributed by atoms with Crippen LogP contribution in [0.25, 0.3) is 11.0 Å². The first-order valence-electron chi connectivity index (χ1n) is 8.32. The van der Waals surface area contributed by atoms with Gasteiger partial charge in [0.2, 0.25) is 5.91 Å². The lowest BCUT2D eigenvalue weighted by atomic mass is 9.96. The third kappa shape index (κ3) is 3.03. The molecule has 1 aliphatic rings. The van der Waals surface area contributed by atoms with Crippen LogP contribution in [0.15, 0.2) is 24.3 Å². The average molecular weight is 330 g/mol. The van der Waals surface area contributed by atoms with E-state index >= 15 is 0 Å². The van der Waals surface area contributed by atoms with Gasteiger partial charge in [-0.25, -0.2) is 4.98 Å². The maximum atomic E-state index is 13.1. The van der Waals surface area contributed by atoms with E-state index in [2.05, 4.69) is 4.98 Å². The van der Waals surface area contributed by atoms with Gasteiger partial charge in [-0.15, -0.1) is 0 Å². The summed E-state index contributed by atoms with van der Waals surface area (Å²) in [7, 11) is 0. The number of aromatic nitrogens is 2. The number of benzene rings is 1. The van der Waals surface area contributed by atoms with E-state index in [1.807, 2.05) is 61.4 Å². The molecule has 2 N–H and O–H groups in total. The predicted octanol–water partition coefficient (Wildman–Crippen LogP) is 1.91. The minimum atomic E-state index is -0.334. The number of morpholine rings is 1. The maximum Gasteiger partial charge on any atom is 0.243 e. The van der Waals surface area contributed by atoms with E-state index in [9.17, 15) is 4.79 Å². The minimum absolute atomic E-state index is 0.0641. The Balaban J connectivity index is 1.92. The number of carbonyl (C=O) groups excluding carboxylic acids is 1. The Morgan fingerprint density at radius 1 is 1.29 bits per heavy atom. The summed E-state index contributed by atoms with van der Waals surface area (Å²) in [5.41, 5.74) is 6.98. The minimum Gasteiger partial charge on any atom is -0.371 e. The Morgan fingerprint density at radius 3 is 2.71 bits per heavy atom. The first-order chi connectivity index (χ1) is 11.2. The number of para-hydroxylation sites is 2. The molecule has 0 radical (unpaired) electrons. The molecule has 0 spiro atoms. The van der Waals surface area contributed by atoms with Crippen molar-refractivity contribution in [2.75, 3.05) is 13.2 Å². The first-order valence-corrected chi connectivity index (χ1v) is 8.32. The van der Waals surface area contributed by atoms with Crippen molar-refractivity contribution in [3.05, 3.63) is 30.1 Å². The average Bonchev–Trinajstić information content (AvgIpc) is 2.88. The van der Waals surface area contributed by atoms with Crippen LogP contribution in [0.2, 0.25) is 0 Å². The second-order valence-electron chi connectivity index (χ2n) is 7.65. The SMILES string of the molecule is CC1(C)CN(C(=O)Cn2c(CN)nc3ccccc32)C(C)(C)CO1. The maximum absolute atomic E-state index is 13.1. The van der Waals surface area contributed by atoms with Crippen LogP contribution in [-0.2, 0) is 22.6 Å². The third-order valence-corrected chi connectivity index (χ3v) is 4.60. The Kier molecular flexibility index (Phi) is 4.13. The van der Waals surface area contributed by atoms with Crippen molar-refractivity contribution >= 4 is 16.9 Å². The Morgan fingerprint density at radius 2 is 2.00 bits per heavy atom. The van der Waals surface area contributed by atoms with Crippen LogP contribution in [0.3, 0.4) is 0 Å². The van der Waals surface area contributed by atoms with Gasteiger partial charge in [-0.2, -0.15) is 0 Å². The lowest BCUT2D eigenvalue weighted by Gasteiger charge is -2.48. The zero-order valence-electron chi connectivity index (χ0n) is 14.9. The lowest BCUT2D eigenvalue weighted by molar-refractivity contribution is -0.169. The molecule has 2 aromatic rings. The van der Waals surface area contributed by atoms with Crippen molar-refractivity contribution in [2.45, 2.75) is 51.9 Å². The number of ether oxygens (including phenoxy) is 1. The summed E-state index contributed by atoms with van der Waals surface area (Å²) in [5.74, 6) is 0.795. The molecular weight excluding hydrogens is 304 g/mol. The topological polar surface area (TPSA) is 73.4 Å². The number of hydrogen-bond acceptors (Lipinski definition) is 4. The molecule has 1 aromatic heterocycles. The van der Waals surface area contributed by atoms with E-state index in [1.165, 1.54) is 0 Å². The second kappa shape index (κ2) is 5.86. The molecule has 0 unspecified atom stereocenters. The lowest BCUT2D eigenvalue weighted by Crippen LogP contribution is -2.62. The van der Waals surface area contributed by atoms with Crippen LogP contribution in [0.1, 0.15) is 33.5 Å². The standard InChI is InChI=1S/C18H26N4O2/c1-17(2)12-24-18(3,4)11-22(17)16(23)10-21-14-8-6-5-7-13(14)20-15(21)9-19/h5-8H,9-12,19H2,1-4H3. The molecule has 0 atom stereocenters. The predicted molar refractivity (Wildman–Crippen MR) is 93.4 cm³/mol. The van der Waals surface area contributed by atoms with Gasteiger partial charge >= 0.3 is 0 Å². The van der Waals surface area contributed by atoms with E-state index in [-0.39, 0.29) is 23.6 Å². The third-order valence-electron chi connectivity index (χ3n) is 4.60. The van der Waals surface area contributed by atoms with Gasteiger partial charge in [-0.3, -0.25) is 4.79 Å². The van der Waals surface area contributed by atoms with Gasteiger partial charge in [-0.05, 0) is 39.8 Å². The number of rotatable bonds is 3. The molecule has 0 bridgehead atoms. The monoisotopic (exact) mass is 330 g/mol. The van der Waals surface area contributed by atoms with E-state index in [4.69, 9.17) is 10.5 Å². The quantitative estimate of drug-likeness (QED) is 0.933. The molecule has 1 aliphatic heterocycles. The molecule has 3 rings (SSSR count). The summed E-state index contributed by atoms with van der Waals surface area (Å²) in [6.45, 7) is 9.75. The molecule has 130 valence electrons. The van der Waals surface area contributed by atoms with Crippen LogP contribution in [-0.4, -0.2) is 44.6 Å². The van der Waals surface area contributed by atoms with Crippen LogP contribution >= 0.6 is 0 Å². The summed E-state index contributed by atoms with van der Waals surface area (Å²) in [5, 5.41) is 0. The Hall–Kier alpha value is -1.92. The molecule has 0 saturated carbocycles. The van der Waals surface area contributed by atoms with E-state index in [1.54, 1.807) is 0 Å². The van der Waals surface area contributed by atoms with Crippen LogP contribution in [0.5, 0.6) is 0 Å². The van der Waals surface area contributed by atoms with Crippen molar-refractivity contribution in [3.63, 3.8) is 0 Å². The van der Waals surface area contributed by atoms with E-state index in [0.29, 0.717) is 19.7 Å². The molecule has 1 aromatic carbocycles. The highest BCUT2D eigenvalue weighted by molar-refractivity contribution is 5.81. The molecule has 24 heavy (non-hydrogen) atoms. The summed E-state index contributed by atoms with van der Waals surface area (Å²) in [6.07, 6.45) is 0. The van der Waals surface area contributed by atoms with Gasteiger partial charge < -0.3 is 19.9 Å². The summed E-state index contributed by atoms with van der Waals surface area (Å²) in [6, 6.07) is 7.81. The van der Waals surface area contributed by atoms with Crippen LogP contribution in [0.4, 0.5) is 0 Å². The molecule has 1 amide bonds. The van der Waals surface area contributed by atoms with Gasteiger partial charge in [0, 0.05) is 6.54 Å². The highest BCUT2D eigenvalue weighted by Gasteiger charge is 2.41. The smallest absolute Gasteiger partial charge is 0.243 e. The van der Waals surface area contributed by atoms with Gasteiger partial charge in [0.1, 0.15) is 12.4 Å². The zero-order valence-corrected chi connectivity index (χ0v) is 14.9. The molecule has 2 heterocycles. The largest absolute Gasteiger partial charge is 0.371 e. The second-order valence-corrected chi connectivity index (χ2v) is 7.65. The Bertz CT molecular complexity index is 763. The summed E-state index contributed by atoms with van der Waals surface area (Å²) < 4.78 is 7.81. The summed E-state index contributed by atoms with van der Waals surface area (Å²) >= 11 is 0. The van der Waals surface area contributed by atoms with Crippen molar-refractivity contribution in [1.29, 1.82) is 0 Å². The Labute approximate surface area is 142 Å². The number of nitrogens with zero attached hydrogens (tertiary/aromatic N) is 3. The fourth-order valence-electron chi connectivity index (χ4n) is 3.19. The van der Waals surface area contributed by atoms with Crippen molar-refractivity contribution in [3.8, 4) is 0 Å². The molecule has 6 heteroatoms. The first kappa shape index (κ1) is 16.9. The number of amides is 1. The normalized spacial score (nSPS) is 19.6. The van der Waals surface area contributed by atoms with Gasteiger partial charge in [0.25, 0.3) is 0 Å². The molecular formula is C18H26N4O2. The number of fused-ring (bicyclic) bond motifs is 1. The van der Waals surface area contributed by atoms with Crippen molar-refractivity contribution < 1.29 is 9.53 Å². The number of nitrogens with two attached hydrogens (primary N) is 1. The van der Waals surface area contributed by atoms with Gasteiger partial charge in [-0.1, -0.05) is 12.1 Å². The number of carbonyl (C=O) groups is 1. The van der Waals surface area contributed by atoms with Gasteiger partial charge in [0.05, 0.1) is 35.3 Å². The van der Waals surface area contributed by atoms with E-state index < -0.39 is 0 Å². The number of imidazole rings is 1. The van der Waals surface area contributed by atoms with Crippen molar-refractivity contribution in [1.82, 2.24) is 14.5 Å². The highest BCUT2D eigenvalue weighted by Crippen LogP contribution is 2.28. The molecule has 6 nitrogen and oxygen atoms in total. The molecule has 1 saturated heterocycles. The van der Waals surface area contributed by atoms with Crippen molar-refractivity contribution in [2.24, 2.45) is 5.73 Å². The van der Waals surface area contributed by atoms with Crippen LogP contribution < -0.4 is 5.73 Å². The number of hydrogen-bond donors (Lipinski definition) is 1. The fourth-order valence-corrected chi connectivity index (χ4v) is 3.19. The molecule has 0 aliphatic carbocycles. The highest BCUT2D eigenvalue weighted by atomic mass is 16.5. The fraction of sp³-hybridized carbons (Fsp3) is 0.556.